The molecule has 1 aromatic carbocycles. The zero-order valence-corrected chi connectivity index (χ0v) is 18.1. The Labute approximate surface area is 164 Å². The molecule has 0 aromatic heterocycles. The molecule has 0 aliphatic rings. The zero-order chi connectivity index (χ0) is 18.9. The standard InChI is InChI=1S/C25H45N/c1-4-7-9-11-13-15-22-26(23-16-14-12-10-8-5-2)25-20-18-24(17-6-3)19-21-25/h18-21H,4-17,22-23H2,1-3H3. The lowest BCUT2D eigenvalue weighted by molar-refractivity contribution is 0.575. The van der Waals surface area contributed by atoms with Gasteiger partial charge >= 0.3 is 0 Å². The second-order valence-corrected chi connectivity index (χ2v) is 7.94. The molecule has 1 aromatic rings. The topological polar surface area (TPSA) is 3.24 Å². The van der Waals surface area contributed by atoms with E-state index < -0.39 is 0 Å². The fourth-order valence-corrected chi connectivity index (χ4v) is 3.70. The van der Waals surface area contributed by atoms with Crippen LogP contribution in [0.1, 0.15) is 110 Å². The number of nitrogens with zero attached hydrogens (tertiary/aromatic N) is 1. The minimum absolute atomic E-state index is 1.20. The number of hydrogen-bond donors (Lipinski definition) is 0. The Kier molecular flexibility index (Phi) is 14.4. The van der Waals surface area contributed by atoms with Crippen molar-refractivity contribution in [3.05, 3.63) is 29.8 Å². The van der Waals surface area contributed by atoms with Crippen LogP contribution in [0.25, 0.3) is 0 Å². The summed E-state index contributed by atoms with van der Waals surface area (Å²) in [6.07, 6.45) is 19.0. The summed E-state index contributed by atoms with van der Waals surface area (Å²) in [6, 6.07) is 9.40. The highest BCUT2D eigenvalue weighted by Gasteiger charge is 2.06. The lowest BCUT2D eigenvalue weighted by Gasteiger charge is -2.25. The van der Waals surface area contributed by atoms with Crippen molar-refractivity contribution in [3.63, 3.8) is 0 Å². The second-order valence-electron chi connectivity index (χ2n) is 7.94. The quantitative estimate of drug-likeness (QED) is 0.253. The summed E-state index contributed by atoms with van der Waals surface area (Å²) in [4.78, 5) is 2.65. The summed E-state index contributed by atoms with van der Waals surface area (Å²) >= 11 is 0. The van der Waals surface area contributed by atoms with Crippen molar-refractivity contribution in [3.8, 4) is 0 Å². The van der Waals surface area contributed by atoms with Crippen molar-refractivity contribution in [1.29, 1.82) is 0 Å². The number of aryl methyl sites for hydroxylation is 1. The predicted molar refractivity (Wildman–Crippen MR) is 119 cm³/mol. The molecular weight excluding hydrogens is 314 g/mol. The molecule has 0 amide bonds. The number of anilines is 1. The van der Waals surface area contributed by atoms with Crippen LogP contribution in [0.4, 0.5) is 5.69 Å². The van der Waals surface area contributed by atoms with Gasteiger partial charge in [-0.3, -0.25) is 0 Å². The van der Waals surface area contributed by atoms with Gasteiger partial charge in [-0.1, -0.05) is 104 Å². The summed E-state index contributed by atoms with van der Waals surface area (Å²) in [5.41, 5.74) is 2.92. The highest BCUT2D eigenvalue weighted by atomic mass is 15.1. The Bertz CT molecular complexity index is 393. The highest BCUT2D eigenvalue weighted by molar-refractivity contribution is 5.47. The van der Waals surface area contributed by atoms with Crippen LogP contribution in [0.5, 0.6) is 0 Å². The lowest BCUT2D eigenvalue weighted by Crippen LogP contribution is -2.25. The molecular formula is C25H45N. The van der Waals surface area contributed by atoms with Crippen LogP contribution in [-0.2, 0) is 6.42 Å². The molecule has 1 heteroatoms. The lowest BCUT2D eigenvalue weighted by atomic mass is 10.1. The predicted octanol–water partition coefficient (Wildman–Crippen LogP) is 8.17. The first-order valence-electron chi connectivity index (χ1n) is 11.7. The van der Waals surface area contributed by atoms with Crippen molar-refractivity contribution in [2.45, 2.75) is 111 Å². The summed E-state index contributed by atoms with van der Waals surface area (Å²) < 4.78 is 0. The van der Waals surface area contributed by atoms with Crippen molar-refractivity contribution in [2.24, 2.45) is 0 Å². The van der Waals surface area contributed by atoms with Crippen molar-refractivity contribution < 1.29 is 0 Å². The van der Waals surface area contributed by atoms with Gasteiger partial charge in [-0.2, -0.15) is 0 Å². The molecule has 0 spiro atoms. The third-order valence-corrected chi connectivity index (χ3v) is 5.40. The molecule has 26 heavy (non-hydrogen) atoms. The number of benzene rings is 1. The van der Waals surface area contributed by atoms with Gasteiger partial charge in [0.25, 0.3) is 0 Å². The molecule has 0 unspecified atom stereocenters. The first-order valence-corrected chi connectivity index (χ1v) is 11.7. The molecule has 0 heterocycles. The fourth-order valence-electron chi connectivity index (χ4n) is 3.70. The van der Waals surface area contributed by atoms with Crippen LogP contribution >= 0.6 is 0 Å². The average molecular weight is 360 g/mol. The Morgan fingerprint density at radius 2 is 1.00 bits per heavy atom. The van der Waals surface area contributed by atoms with E-state index in [4.69, 9.17) is 0 Å². The van der Waals surface area contributed by atoms with Crippen molar-refractivity contribution in [1.82, 2.24) is 0 Å². The zero-order valence-electron chi connectivity index (χ0n) is 18.1. The van der Waals surface area contributed by atoms with Crippen LogP contribution in [-0.4, -0.2) is 13.1 Å². The largest absolute Gasteiger partial charge is 0.372 e. The number of hydrogen-bond acceptors (Lipinski definition) is 1. The highest BCUT2D eigenvalue weighted by Crippen LogP contribution is 2.19. The Balaban J connectivity index is 2.43. The van der Waals surface area contributed by atoms with E-state index in [0.717, 1.165) is 0 Å². The van der Waals surface area contributed by atoms with Gasteiger partial charge in [-0.25, -0.2) is 0 Å². The maximum absolute atomic E-state index is 2.65. The van der Waals surface area contributed by atoms with Gasteiger partial charge in [0.15, 0.2) is 0 Å². The summed E-state index contributed by atoms with van der Waals surface area (Å²) in [5, 5.41) is 0. The Hall–Kier alpha value is -0.980. The fraction of sp³-hybridized carbons (Fsp3) is 0.760. The van der Waals surface area contributed by atoms with E-state index in [0.29, 0.717) is 0 Å². The number of unbranched alkanes of at least 4 members (excludes halogenated alkanes) is 10. The third-order valence-electron chi connectivity index (χ3n) is 5.40. The van der Waals surface area contributed by atoms with E-state index in [2.05, 4.69) is 49.9 Å². The van der Waals surface area contributed by atoms with Gasteiger partial charge in [0.1, 0.15) is 0 Å². The Morgan fingerprint density at radius 3 is 1.46 bits per heavy atom. The van der Waals surface area contributed by atoms with Crippen molar-refractivity contribution in [2.75, 3.05) is 18.0 Å². The third kappa shape index (κ3) is 10.9. The van der Waals surface area contributed by atoms with E-state index in [1.54, 1.807) is 0 Å². The van der Waals surface area contributed by atoms with Gasteiger partial charge in [0, 0.05) is 18.8 Å². The van der Waals surface area contributed by atoms with Crippen LogP contribution in [0.2, 0.25) is 0 Å². The number of rotatable bonds is 17. The van der Waals surface area contributed by atoms with Crippen LogP contribution in [0, 0.1) is 0 Å². The van der Waals surface area contributed by atoms with Gasteiger partial charge < -0.3 is 4.90 Å². The molecule has 1 rings (SSSR count). The summed E-state index contributed by atoms with van der Waals surface area (Å²) in [7, 11) is 0. The second kappa shape index (κ2) is 16.2. The van der Waals surface area contributed by atoms with E-state index in [-0.39, 0.29) is 0 Å². The molecule has 0 atom stereocenters. The smallest absolute Gasteiger partial charge is 0.0366 e. The average Bonchev–Trinajstić information content (AvgIpc) is 2.66. The van der Waals surface area contributed by atoms with E-state index in [1.807, 2.05) is 0 Å². The van der Waals surface area contributed by atoms with Gasteiger partial charge in [-0.15, -0.1) is 0 Å². The van der Waals surface area contributed by atoms with E-state index in [1.165, 1.54) is 114 Å². The minimum atomic E-state index is 1.20. The molecule has 1 nitrogen and oxygen atoms in total. The summed E-state index contributed by atoms with van der Waals surface area (Å²) in [5.74, 6) is 0. The maximum atomic E-state index is 2.65. The molecule has 0 aliphatic heterocycles. The van der Waals surface area contributed by atoms with Gasteiger partial charge in [-0.05, 0) is 37.0 Å². The molecule has 0 N–H and O–H groups in total. The molecule has 150 valence electrons. The van der Waals surface area contributed by atoms with Crippen LogP contribution in [0.15, 0.2) is 24.3 Å². The molecule has 0 radical (unpaired) electrons. The van der Waals surface area contributed by atoms with Gasteiger partial charge in [0.2, 0.25) is 0 Å². The first-order chi connectivity index (χ1) is 12.8. The molecule has 0 bridgehead atoms. The first kappa shape index (κ1) is 23.1. The van der Waals surface area contributed by atoms with Crippen molar-refractivity contribution >= 4 is 5.69 Å². The van der Waals surface area contributed by atoms with Gasteiger partial charge in [0.05, 0.1) is 0 Å². The van der Waals surface area contributed by atoms with E-state index in [9.17, 15) is 0 Å². The monoisotopic (exact) mass is 359 g/mol. The molecule has 0 saturated carbocycles. The summed E-state index contributed by atoms with van der Waals surface area (Å²) in [6.45, 7) is 9.31. The normalized spacial score (nSPS) is 11.0. The SMILES string of the molecule is CCCCCCCCN(CCCCCCCC)c1ccc(CCC)cc1. The Morgan fingerprint density at radius 1 is 0.538 bits per heavy atom. The minimum Gasteiger partial charge on any atom is -0.372 e. The van der Waals surface area contributed by atoms with Crippen LogP contribution in [0.3, 0.4) is 0 Å². The molecule has 0 saturated heterocycles. The van der Waals surface area contributed by atoms with Crippen LogP contribution < -0.4 is 4.90 Å². The molecule has 0 aliphatic carbocycles. The maximum Gasteiger partial charge on any atom is 0.0366 e. The van der Waals surface area contributed by atoms with E-state index >= 15 is 0 Å². The molecule has 0 fully saturated rings.